The van der Waals surface area contributed by atoms with Crippen LogP contribution in [0.2, 0.25) is 0 Å². The fourth-order valence-corrected chi connectivity index (χ4v) is 4.01. The smallest absolute Gasteiger partial charge is 0.305 e. The van der Waals surface area contributed by atoms with Crippen molar-refractivity contribution in [1.82, 2.24) is 4.98 Å². The van der Waals surface area contributed by atoms with E-state index >= 15 is 0 Å². The molecule has 156 valence electrons. The molecular formula is C22H34N2O4. The van der Waals surface area contributed by atoms with Gasteiger partial charge in [-0.05, 0) is 38.0 Å². The zero-order valence-corrected chi connectivity index (χ0v) is 17.3. The van der Waals surface area contributed by atoms with Gasteiger partial charge in [-0.2, -0.15) is 0 Å². The number of nitrogens with zero attached hydrogens (tertiary/aromatic N) is 2. The Hall–Kier alpha value is -1.82. The Morgan fingerprint density at radius 1 is 1.29 bits per heavy atom. The first-order valence-corrected chi connectivity index (χ1v) is 10.7. The van der Waals surface area contributed by atoms with Gasteiger partial charge in [0.2, 0.25) is 0 Å². The standard InChI is InChI=1S/C22H34N2O4/c1-3-26-22(25)9-8-20-15-24(10-11-27-20)19-12-21(14-23-13-19)28-16-18-6-4-17(2)5-7-18/h12-14,17-18,20H,3-11,15-16H2,1-2H3/t17?,18?,20-/m0/s1. The van der Waals surface area contributed by atoms with Crippen LogP contribution >= 0.6 is 0 Å². The van der Waals surface area contributed by atoms with Gasteiger partial charge in [-0.1, -0.05) is 19.8 Å². The Bertz CT molecular complexity index is 616. The van der Waals surface area contributed by atoms with Crippen LogP contribution in [0.1, 0.15) is 52.4 Å². The van der Waals surface area contributed by atoms with Crippen molar-refractivity contribution < 1.29 is 19.0 Å². The van der Waals surface area contributed by atoms with Crippen LogP contribution in [0.5, 0.6) is 5.75 Å². The topological polar surface area (TPSA) is 60.9 Å². The summed E-state index contributed by atoms with van der Waals surface area (Å²) in [5.41, 5.74) is 1.05. The van der Waals surface area contributed by atoms with E-state index in [0.29, 0.717) is 32.0 Å². The minimum atomic E-state index is -0.155. The number of carbonyl (C=O) groups excluding carboxylic acids is 1. The molecule has 2 aliphatic rings. The predicted octanol–water partition coefficient (Wildman–Crippen LogP) is 3.84. The molecule has 28 heavy (non-hydrogen) atoms. The van der Waals surface area contributed by atoms with Crippen molar-refractivity contribution in [2.24, 2.45) is 11.8 Å². The van der Waals surface area contributed by atoms with Gasteiger partial charge in [0.25, 0.3) is 0 Å². The highest BCUT2D eigenvalue weighted by Crippen LogP contribution is 2.29. The van der Waals surface area contributed by atoms with Crippen LogP contribution in [-0.2, 0) is 14.3 Å². The van der Waals surface area contributed by atoms with Crippen molar-refractivity contribution in [3.63, 3.8) is 0 Å². The Morgan fingerprint density at radius 2 is 2.11 bits per heavy atom. The van der Waals surface area contributed by atoms with E-state index in [2.05, 4.69) is 22.9 Å². The molecule has 0 amide bonds. The van der Waals surface area contributed by atoms with Gasteiger partial charge in [-0.15, -0.1) is 0 Å². The third kappa shape index (κ3) is 6.36. The summed E-state index contributed by atoms with van der Waals surface area (Å²) < 4.78 is 16.9. The lowest BCUT2D eigenvalue weighted by molar-refractivity contribution is -0.144. The Balaban J connectivity index is 1.49. The Labute approximate surface area is 168 Å². The molecular weight excluding hydrogens is 356 g/mol. The number of pyridine rings is 1. The predicted molar refractivity (Wildman–Crippen MR) is 109 cm³/mol. The Morgan fingerprint density at radius 3 is 2.89 bits per heavy atom. The normalized spacial score (nSPS) is 25.4. The molecule has 3 rings (SSSR count). The molecule has 1 saturated carbocycles. The maximum absolute atomic E-state index is 11.6. The molecule has 1 aliphatic carbocycles. The van der Waals surface area contributed by atoms with Gasteiger partial charge >= 0.3 is 5.97 Å². The molecule has 1 aromatic rings. The zero-order chi connectivity index (χ0) is 19.8. The lowest BCUT2D eigenvalue weighted by Gasteiger charge is -2.34. The Kier molecular flexibility index (Phi) is 7.95. The molecule has 0 aromatic carbocycles. The molecule has 0 spiro atoms. The minimum absolute atomic E-state index is 0.0342. The molecule has 6 heteroatoms. The summed E-state index contributed by atoms with van der Waals surface area (Å²) in [4.78, 5) is 18.2. The number of aromatic nitrogens is 1. The maximum Gasteiger partial charge on any atom is 0.305 e. The summed E-state index contributed by atoms with van der Waals surface area (Å²) in [5.74, 6) is 2.21. The van der Waals surface area contributed by atoms with Gasteiger partial charge in [0, 0.05) is 25.6 Å². The van der Waals surface area contributed by atoms with E-state index in [1.165, 1.54) is 25.7 Å². The summed E-state index contributed by atoms with van der Waals surface area (Å²) in [7, 11) is 0. The number of carbonyl (C=O) groups is 1. The van der Waals surface area contributed by atoms with Gasteiger partial charge in [0.15, 0.2) is 0 Å². The molecule has 0 bridgehead atoms. The molecule has 2 heterocycles. The number of hydrogen-bond acceptors (Lipinski definition) is 6. The first-order valence-electron chi connectivity index (χ1n) is 10.7. The second kappa shape index (κ2) is 10.6. The van der Waals surface area contributed by atoms with Gasteiger partial charge in [0.1, 0.15) is 5.75 Å². The van der Waals surface area contributed by atoms with Crippen LogP contribution in [0.25, 0.3) is 0 Å². The second-order valence-electron chi connectivity index (χ2n) is 8.10. The van der Waals surface area contributed by atoms with Gasteiger partial charge < -0.3 is 19.1 Å². The van der Waals surface area contributed by atoms with Crippen LogP contribution in [-0.4, -0.2) is 50.0 Å². The number of morpholine rings is 1. The van der Waals surface area contributed by atoms with Gasteiger partial charge in [0.05, 0.1) is 44.0 Å². The van der Waals surface area contributed by atoms with Gasteiger partial charge in [-0.25, -0.2) is 0 Å². The number of ether oxygens (including phenoxy) is 3. The van der Waals surface area contributed by atoms with Crippen molar-refractivity contribution in [3.8, 4) is 5.75 Å². The molecule has 0 unspecified atom stereocenters. The van der Waals surface area contributed by atoms with Crippen LogP contribution in [0.15, 0.2) is 18.5 Å². The fourth-order valence-electron chi connectivity index (χ4n) is 4.01. The van der Waals surface area contributed by atoms with Crippen molar-refractivity contribution in [2.75, 3.05) is 37.8 Å². The summed E-state index contributed by atoms with van der Waals surface area (Å²) in [6.07, 6.45) is 9.94. The van der Waals surface area contributed by atoms with Crippen molar-refractivity contribution >= 4 is 11.7 Å². The molecule has 1 aromatic heterocycles. The first kappa shape index (κ1) is 20.9. The summed E-state index contributed by atoms with van der Waals surface area (Å²) in [5, 5.41) is 0. The van der Waals surface area contributed by atoms with Crippen molar-refractivity contribution in [1.29, 1.82) is 0 Å². The lowest BCUT2D eigenvalue weighted by Crippen LogP contribution is -2.42. The zero-order valence-electron chi connectivity index (χ0n) is 17.3. The van der Waals surface area contributed by atoms with Crippen LogP contribution in [0, 0.1) is 11.8 Å². The molecule has 0 N–H and O–H groups in total. The molecule has 1 saturated heterocycles. The van der Waals surface area contributed by atoms with E-state index in [9.17, 15) is 4.79 Å². The van der Waals surface area contributed by atoms with E-state index < -0.39 is 0 Å². The molecule has 2 fully saturated rings. The minimum Gasteiger partial charge on any atom is -0.492 e. The first-order chi connectivity index (χ1) is 13.6. The second-order valence-corrected chi connectivity index (χ2v) is 8.10. The number of anilines is 1. The molecule has 1 aliphatic heterocycles. The third-order valence-corrected chi connectivity index (χ3v) is 5.80. The summed E-state index contributed by atoms with van der Waals surface area (Å²) in [6.45, 7) is 7.60. The molecule has 1 atom stereocenters. The largest absolute Gasteiger partial charge is 0.492 e. The average molecular weight is 391 g/mol. The number of esters is 1. The van der Waals surface area contributed by atoms with Crippen molar-refractivity contribution in [2.45, 2.75) is 58.5 Å². The molecule has 0 radical (unpaired) electrons. The van der Waals surface area contributed by atoms with Crippen molar-refractivity contribution in [3.05, 3.63) is 18.5 Å². The maximum atomic E-state index is 11.6. The quantitative estimate of drug-likeness (QED) is 0.629. The fraction of sp³-hybridized carbons (Fsp3) is 0.727. The highest BCUT2D eigenvalue weighted by atomic mass is 16.5. The highest BCUT2D eigenvalue weighted by molar-refractivity contribution is 5.69. The van der Waals surface area contributed by atoms with Crippen LogP contribution in [0.4, 0.5) is 5.69 Å². The SMILES string of the molecule is CCOC(=O)CC[C@H]1CN(c2cncc(OCC3CCC(C)CC3)c2)CCO1. The van der Waals surface area contributed by atoms with Crippen LogP contribution < -0.4 is 9.64 Å². The molecule has 6 nitrogen and oxygen atoms in total. The van der Waals surface area contributed by atoms with E-state index in [0.717, 1.165) is 37.1 Å². The highest BCUT2D eigenvalue weighted by Gasteiger charge is 2.23. The van der Waals surface area contributed by atoms with Gasteiger partial charge in [-0.3, -0.25) is 9.78 Å². The van der Waals surface area contributed by atoms with Crippen LogP contribution in [0.3, 0.4) is 0 Å². The number of hydrogen-bond donors (Lipinski definition) is 0. The van der Waals surface area contributed by atoms with E-state index in [1.54, 1.807) is 6.20 Å². The third-order valence-electron chi connectivity index (χ3n) is 5.80. The van der Waals surface area contributed by atoms with E-state index in [4.69, 9.17) is 14.2 Å². The number of rotatable bonds is 8. The lowest BCUT2D eigenvalue weighted by atomic mass is 9.83. The monoisotopic (exact) mass is 390 g/mol. The summed E-state index contributed by atoms with van der Waals surface area (Å²) >= 11 is 0. The van der Waals surface area contributed by atoms with E-state index in [-0.39, 0.29) is 12.1 Å². The average Bonchev–Trinajstić information content (AvgIpc) is 2.72. The summed E-state index contributed by atoms with van der Waals surface area (Å²) in [6, 6.07) is 2.08. The van der Waals surface area contributed by atoms with E-state index in [1.807, 2.05) is 13.1 Å².